The van der Waals surface area contributed by atoms with Crippen LogP contribution in [0.3, 0.4) is 0 Å². The minimum Gasteiger partial charge on any atom is -0.389 e. The van der Waals surface area contributed by atoms with Crippen molar-refractivity contribution in [3.63, 3.8) is 0 Å². The van der Waals surface area contributed by atoms with Crippen LogP contribution in [0, 0.1) is 6.92 Å². The second-order valence-corrected chi connectivity index (χ2v) is 7.11. The van der Waals surface area contributed by atoms with Crippen molar-refractivity contribution in [3.8, 4) is 0 Å². The van der Waals surface area contributed by atoms with Crippen molar-refractivity contribution in [2.24, 2.45) is 0 Å². The molecule has 0 aliphatic carbocycles. The smallest absolute Gasteiger partial charge is 0.259 e. The summed E-state index contributed by atoms with van der Waals surface area (Å²) in [5.41, 5.74) is -1.04. The Bertz CT molecular complexity index is 535. The van der Waals surface area contributed by atoms with E-state index in [1.165, 1.54) is 6.20 Å². The Kier molecular flexibility index (Phi) is 5.73. The zero-order valence-electron chi connectivity index (χ0n) is 12.7. The Labute approximate surface area is 121 Å². The predicted molar refractivity (Wildman–Crippen MR) is 78.0 cm³/mol. The number of sulfonamides is 1. The number of imidazole rings is 1. The van der Waals surface area contributed by atoms with Crippen molar-refractivity contribution in [2.75, 3.05) is 6.54 Å². The first-order chi connectivity index (χ1) is 9.22. The maximum atomic E-state index is 12.2. The van der Waals surface area contributed by atoms with Crippen LogP contribution in [0.5, 0.6) is 0 Å². The number of aromatic nitrogens is 2. The molecule has 6 nitrogen and oxygen atoms in total. The minimum absolute atomic E-state index is 0.00995. The fourth-order valence-electron chi connectivity index (χ4n) is 2.03. The van der Waals surface area contributed by atoms with Crippen molar-refractivity contribution in [1.29, 1.82) is 0 Å². The fourth-order valence-corrected chi connectivity index (χ4v) is 3.19. The summed E-state index contributed by atoms with van der Waals surface area (Å²) < 4.78 is 28.6. The SMILES string of the molecule is CCCn1cc(S(=O)(=O)NCC(C)(O)CCC)nc1C. The van der Waals surface area contributed by atoms with E-state index in [2.05, 4.69) is 9.71 Å². The van der Waals surface area contributed by atoms with Gasteiger partial charge >= 0.3 is 0 Å². The Morgan fingerprint density at radius 2 is 2.05 bits per heavy atom. The molecule has 7 heteroatoms. The quantitative estimate of drug-likeness (QED) is 0.761. The molecule has 1 rings (SSSR count). The monoisotopic (exact) mass is 303 g/mol. The fraction of sp³-hybridized carbons (Fsp3) is 0.769. The summed E-state index contributed by atoms with van der Waals surface area (Å²) in [7, 11) is -3.67. The van der Waals surface area contributed by atoms with E-state index in [4.69, 9.17) is 0 Å². The third-order valence-corrected chi connectivity index (χ3v) is 4.40. The highest BCUT2D eigenvalue weighted by Gasteiger charge is 2.25. The zero-order chi connectivity index (χ0) is 15.4. The molecule has 0 aliphatic rings. The minimum atomic E-state index is -3.67. The maximum Gasteiger partial charge on any atom is 0.259 e. The zero-order valence-corrected chi connectivity index (χ0v) is 13.5. The number of aliphatic hydroxyl groups is 1. The van der Waals surface area contributed by atoms with E-state index in [9.17, 15) is 13.5 Å². The first-order valence-electron chi connectivity index (χ1n) is 6.97. The van der Waals surface area contributed by atoms with Crippen LogP contribution < -0.4 is 4.72 Å². The summed E-state index contributed by atoms with van der Waals surface area (Å²) in [4.78, 5) is 4.08. The van der Waals surface area contributed by atoms with Crippen molar-refractivity contribution < 1.29 is 13.5 Å². The third kappa shape index (κ3) is 4.57. The summed E-state index contributed by atoms with van der Waals surface area (Å²) >= 11 is 0. The summed E-state index contributed by atoms with van der Waals surface area (Å²) in [6, 6.07) is 0. The van der Waals surface area contributed by atoms with Gasteiger partial charge in [0.25, 0.3) is 10.0 Å². The molecule has 0 fully saturated rings. The van der Waals surface area contributed by atoms with E-state index in [1.54, 1.807) is 13.8 Å². The molecule has 0 amide bonds. The first-order valence-corrected chi connectivity index (χ1v) is 8.46. The van der Waals surface area contributed by atoms with Gasteiger partial charge in [0.1, 0.15) is 5.82 Å². The van der Waals surface area contributed by atoms with Gasteiger partial charge in [0.15, 0.2) is 5.03 Å². The van der Waals surface area contributed by atoms with E-state index in [1.807, 2.05) is 18.4 Å². The van der Waals surface area contributed by atoms with Gasteiger partial charge in [-0.1, -0.05) is 20.3 Å². The third-order valence-electron chi connectivity index (χ3n) is 3.13. The van der Waals surface area contributed by atoms with Gasteiger partial charge in [-0.3, -0.25) is 0 Å². The highest BCUT2D eigenvalue weighted by molar-refractivity contribution is 7.89. The van der Waals surface area contributed by atoms with E-state index < -0.39 is 15.6 Å². The highest BCUT2D eigenvalue weighted by atomic mass is 32.2. The van der Waals surface area contributed by atoms with E-state index in [0.29, 0.717) is 12.2 Å². The summed E-state index contributed by atoms with van der Waals surface area (Å²) in [5, 5.41) is 10.0. The summed E-state index contributed by atoms with van der Waals surface area (Å²) in [6.45, 7) is 8.10. The van der Waals surface area contributed by atoms with Gasteiger partial charge in [0.2, 0.25) is 0 Å². The molecule has 0 bridgehead atoms. The van der Waals surface area contributed by atoms with Crippen LogP contribution in [0.4, 0.5) is 0 Å². The number of hydrogen-bond donors (Lipinski definition) is 2. The normalized spacial score (nSPS) is 15.2. The summed E-state index contributed by atoms with van der Waals surface area (Å²) in [5.74, 6) is 0.674. The molecule has 0 radical (unpaired) electrons. The molecule has 0 saturated heterocycles. The molecular weight excluding hydrogens is 278 g/mol. The molecule has 116 valence electrons. The van der Waals surface area contributed by atoms with Crippen molar-refractivity contribution in [2.45, 2.75) is 64.1 Å². The van der Waals surface area contributed by atoms with E-state index in [-0.39, 0.29) is 11.6 Å². The number of aryl methyl sites for hydroxylation is 2. The van der Waals surface area contributed by atoms with Gasteiger partial charge in [-0.15, -0.1) is 0 Å². The molecule has 1 heterocycles. The van der Waals surface area contributed by atoms with Crippen molar-refractivity contribution >= 4 is 10.0 Å². The molecular formula is C13H25N3O3S. The van der Waals surface area contributed by atoms with Gasteiger partial charge in [0, 0.05) is 19.3 Å². The molecule has 0 aliphatic heterocycles. The highest BCUT2D eigenvalue weighted by Crippen LogP contribution is 2.13. The van der Waals surface area contributed by atoms with E-state index >= 15 is 0 Å². The van der Waals surface area contributed by atoms with E-state index in [0.717, 1.165) is 19.4 Å². The Hall–Kier alpha value is -0.920. The largest absolute Gasteiger partial charge is 0.389 e. The average Bonchev–Trinajstić information content (AvgIpc) is 2.70. The number of nitrogens with zero attached hydrogens (tertiary/aromatic N) is 2. The second kappa shape index (κ2) is 6.69. The lowest BCUT2D eigenvalue weighted by Crippen LogP contribution is -2.40. The van der Waals surface area contributed by atoms with Gasteiger partial charge in [-0.05, 0) is 26.7 Å². The molecule has 1 unspecified atom stereocenters. The molecule has 0 spiro atoms. The number of rotatable bonds is 8. The Morgan fingerprint density at radius 1 is 1.40 bits per heavy atom. The number of hydrogen-bond acceptors (Lipinski definition) is 4. The summed E-state index contributed by atoms with van der Waals surface area (Å²) in [6.07, 6.45) is 3.78. The molecule has 0 saturated carbocycles. The maximum absolute atomic E-state index is 12.2. The molecule has 20 heavy (non-hydrogen) atoms. The second-order valence-electron chi connectivity index (χ2n) is 5.39. The lowest BCUT2D eigenvalue weighted by atomic mass is 10.0. The first kappa shape index (κ1) is 17.1. The van der Waals surface area contributed by atoms with Crippen LogP contribution in [0.2, 0.25) is 0 Å². The van der Waals surface area contributed by atoms with Gasteiger partial charge in [0.05, 0.1) is 5.60 Å². The van der Waals surface area contributed by atoms with Crippen molar-refractivity contribution in [3.05, 3.63) is 12.0 Å². The van der Waals surface area contributed by atoms with Crippen LogP contribution >= 0.6 is 0 Å². The van der Waals surface area contributed by atoms with Gasteiger partial charge in [-0.2, -0.15) is 0 Å². The molecule has 1 atom stereocenters. The van der Waals surface area contributed by atoms with Crippen LogP contribution in [-0.2, 0) is 16.6 Å². The Balaban J connectivity index is 2.81. The lowest BCUT2D eigenvalue weighted by Gasteiger charge is -2.22. The predicted octanol–water partition coefficient (Wildman–Crippen LogP) is 1.43. The topological polar surface area (TPSA) is 84.2 Å². The van der Waals surface area contributed by atoms with Crippen LogP contribution in [0.15, 0.2) is 11.2 Å². The lowest BCUT2D eigenvalue weighted by molar-refractivity contribution is 0.0554. The molecule has 2 N–H and O–H groups in total. The Morgan fingerprint density at radius 3 is 2.60 bits per heavy atom. The average molecular weight is 303 g/mol. The van der Waals surface area contributed by atoms with Gasteiger partial charge < -0.3 is 9.67 Å². The standard InChI is InChI=1S/C13H25N3O3S/c1-5-7-13(4,17)10-14-20(18,19)12-9-16(8-6-2)11(3)15-12/h9,14,17H,5-8,10H2,1-4H3. The number of nitrogens with one attached hydrogen (secondary N) is 1. The molecule has 1 aromatic heterocycles. The van der Waals surface area contributed by atoms with Crippen LogP contribution in [-0.4, -0.2) is 35.2 Å². The molecule has 1 aromatic rings. The van der Waals surface area contributed by atoms with Crippen molar-refractivity contribution in [1.82, 2.24) is 14.3 Å². The van der Waals surface area contributed by atoms with Crippen LogP contribution in [0.25, 0.3) is 0 Å². The van der Waals surface area contributed by atoms with Crippen LogP contribution in [0.1, 0.15) is 45.9 Å². The van der Waals surface area contributed by atoms with Gasteiger partial charge in [-0.25, -0.2) is 18.1 Å². The molecule has 0 aromatic carbocycles.